The number of hydrogen-bond acceptors (Lipinski definition) is 9. The molecule has 1 aliphatic carbocycles. The Bertz CT molecular complexity index is 1110. The van der Waals surface area contributed by atoms with Crippen LogP contribution in [0.2, 0.25) is 0 Å². The summed E-state index contributed by atoms with van der Waals surface area (Å²) in [6.07, 6.45) is 3.49. The number of aryl methyl sites for hydroxylation is 1. The normalized spacial score (nSPS) is 17.2. The van der Waals surface area contributed by atoms with E-state index in [0.717, 1.165) is 0 Å². The first-order chi connectivity index (χ1) is 15.7. The summed E-state index contributed by atoms with van der Waals surface area (Å²) >= 11 is 0. The van der Waals surface area contributed by atoms with E-state index >= 15 is 0 Å². The number of ether oxygens (including phenoxy) is 3. The summed E-state index contributed by atoms with van der Waals surface area (Å²) in [4.78, 5) is 26.2. The molecule has 0 spiro atoms. The number of nitrogens with zero attached hydrogens (tertiary/aromatic N) is 4. The van der Waals surface area contributed by atoms with E-state index in [0.29, 0.717) is 56.1 Å². The van der Waals surface area contributed by atoms with Crippen molar-refractivity contribution >= 4 is 15.9 Å². The summed E-state index contributed by atoms with van der Waals surface area (Å²) in [5, 5.41) is -0.240. The van der Waals surface area contributed by atoms with E-state index in [1.54, 1.807) is 24.0 Å². The van der Waals surface area contributed by atoms with Gasteiger partial charge in [-0.05, 0) is 45.7 Å². The van der Waals surface area contributed by atoms with Gasteiger partial charge in [0, 0.05) is 25.9 Å². The van der Waals surface area contributed by atoms with Crippen LogP contribution in [0.25, 0.3) is 0 Å². The molecule has 0 aromatic carbocycles. The van der Waals surface area contributed by atoms with E-state index in [2.05, 4.69) is 15.0 Å². The summed E-state index contributed by atoms with van der Waals surface area (Å²) in [5.74, 6) is 1.04. The van der Waals surface area contributed by atoms with Crippen molar-refractivity contribution in [3.8, 4) is 17.5 Å². The smallest absolute Gasteiger partial charge is 0.410 e. The molecule has 2 aromatic heterocycles. The molecule has 4 rings (SSSR count). The monoisotopic (exact) mass is 476 g/mol. The molecule has 3 heterocycles. The van der Waals surface area contributed by atoms with Crippen molar-refractivity contribution in [2.45, 2.75) is 68.9 Å². The molecule has 0 unspecified atom stereocenters. The van der Waals surface area contributed by atoms with Crippen molar-refractivity contribution in [2.75, 3.05) is 13.1 Å². The quantitative estimate of drug-likeness (QED) is 0.592. The lowest BCUT2D eigenvalue weighted by Gasteiger charge is -2.31. The number of carbonyl (C=O) groups excluding carboxylic acids is 1. The molecule has 2 fully saturated rings. The van der Waals surface area contributed by atoms with Gasteiger partial charge in [0.25, 0.3) is 0 Å². The highest BCUT2D eigenvalue weighted by Crippen LogP contribution is 2.34. The zero-order chi connectivity index (χ0) is 23.6. The molecule has 178 valence electrons. The van der Waals surface area contributed by atoms with Crippen LogP contribution in [0.5, 0.6) is 17.5 Å². The van der Waals surface area contributed by atoms with E-state index < -0.39 is 9.84 Å². The second kappa shape index (κ2) is 9.50. The Morgan fingerprint density at radius 2 is 1.79 bits per heavy atom. The summed E-state index contributed by atoms with van der Waals surface area (Å²) < 4.78 is 41.8. The summed E-state index contributed by atoms with van der Waals surface area (Å²) in [6.45, 7) is 6.43. The van der Waals surface area contributed by atoms with Gasteiger partial charge in [-0.1, -0.05) is 0 Å². The zero-order valence-electron chi connectivity index (χ0n) is 18.9. The van der Waals surface area contributed by atoms with Crippen molar-refractivity contribution in [2.24, 2.45) is 0 Å². The number of likely N-dealkylation sites (tertiary alicyclic amines) is 1. The molecule has 0 atom stereocenters. The van der Waals surface area contributed by atoms with Crippen LogP contribution in [0.1, 0.15) is 45.2 Å². The number of hydrogen-bond donors (Lipinski definition) is 0. The van der Waals surface area contributed by atoms with Crippen LogP contribution in [-0.2, 0) is 14.6 Å². The zero-order valence-corrected chi connectivity index (χ0v) is 19.7. The fourth-order valence-electron chi connectivity index (χ4n) is 3.50. The average molecular weight is 477 g/mol. The lowest BCUT2D eigenvalue weighted by Crippen LogP contribution is -2.42. The van der Waals surface area contributed by atoms with Gasteiger partial charge in [0.2, 0.25) is 11.8 Å². The predicted molar refractivity (Wildman–Crippen MR) is 118 cm³/mol. The molecular formula is C22H28N4O6S. The Labute approximate surface area is 193 Å². The molecule has 2 aromatic rings. The van der Waals surface area contributed by atoms with Crippen LogP contribution in [0.3, 0.4) is 0 Å². The topological polar surface area (TPSA) is 121 Å². The van der Waals surface area contributed by atoms with Crippen LogP contribution in [0.15, 0.2) is 29.6 Å². The van der Waals surface area contributed by atoms with Gasteiger partial charge in [-0.2, -0.15) is 0 Å². The molecule has 0 N–H and O–H groups in total. The Kier molecular flexibility index (Phi) is 6.68. The third-order valence-corrected chi connectivity index (χ3v) is 7.58. The third kappa shape index (κ3) is 5.70. The minimum Gasteiger partial charge on any atom is -0.474 e. The van der Waals surface area contributed by atoms with Crippen LogP contribution in [0.4, 0.5) is 4.79 Å². The fourth-order valence-corrected chi connectivity index (χ4v) is 5.12. The number of aromatic nitrogens is 3. The van der Waals surface area contributed by atoms with Gasteiger partial charge in [0.05, 0.1) is 23.1 Å². The van der Waals surface area contributed by atoms with Gasteiger partial charge < -0.3 is 19.1 Å². The molecule has 1 saturated heterocycles. The molecule has 2 aliphatic rings. The van der Waals surface area contributed by atoms with Crippen LogP contribution >= 0.6 is 0 Å². The Morgan fingerprint density at radius 3 is 2.42 bits per heavy atom. The number of pyridine rings is 1. The number of rotatable bonds is 7. The van der Waals surface area contributed by atoms with E-state index in [1.807, 2.05) is 13.8 Å². The highest BCUT2D eigenvalue weighted by Gasteiger charge is 2.38. The molecule has 1 amide bonds. The first-order valence-electron chi connectivity index (χ1n) is 11.1. The van der Waals surface area contributed by atoms with Crippen LogP contribution < -0.4 is 9.47 Å². The van der Waals surface area contributed by atoms with E-state index in [9.17, 15) is 13.2 Å². The SMILES string of the molecule is Cc1nc(S(=O)(=O)C2CC2)ccc1Oc1cc(OC2CCN(C(=O)OC(C)C)CC2)ncn1. The first-order valence-corrected chi connectivity index (χ1v) is 12.6. The third-order valence-electron chi connectivity index (χ3n) is 5.42. The standard InChI is InChI=1S/C22H28N4O6S/c1-14(2)30-22(27)26-10-8-16(9-11-26)31-19-12-20(24-13-23-19)32-18-6-7-21(25-15(18)3)33(28,29)17-4-5-17/h6-7,12-14,16-17H,4-5,8-11H2,1-3H3. The molecule has 1 saturated carbocycles. The number of sulfone groups is 1. The van der Waals surface area contributed by atoms with E-state index in [-0.39, 0.29) is 34.5 Å². The fraction of sp³-hybridized carbons (Fsp3) is 0.545. The van der Waals surface area contributed by atoms with Gasteiger partial charge in [-0.15, -0.1) is 0 Å². The van der Waals surface area contributed by atoms with Crippen molar-refractivity contribution in [1.82, 2.24) is 19.9 Å². The Morgan fingerprint density at radius 1 is 1.09 bits per heavy atom. The first kappa shape index (κ1) is 23.2. The van der Waals surface area contributed by atoms with Gasteiger partial charge in [-0.3, -0.25) is 0 Å². The number of piperidine rings is 1. The Balaban J connectivity index is 1.35. The second-order valence-corrected chi connectivity index (χ2v) is 10.7. The summed E-state index contributed by atoms with van der Waals surface area (Å²) in [7, 11) is -3.36. The maximum atomic E-state index is 12.4. The highest BCUT2D eigenvalue weighted by molar-refractivity contribution is 7.92. The maximum absolute atomic E-state index is 12.4. The van der Waals surface area contributed by atoms with Crippen LogP contribution in [-0.4, -0.2) is 64.9 Å². The molecule has 33 heavy (non-hydrogen) atoms. The number of amides is 1. The van der Waals surface area contributed by atoms with Crippen molar-refractivity contribution < 1.29 is 27.4 Å². The predicted octanol–water partition coefficient (Wildman–Crippen LogP) is 3.30. The van der Waals surface area contributed by atoms with Crippen molar-refractivity contribution in [1.29, 1.82) is 0 Å². The molecular weight excluding hydrogens is 448 g/mol. The average Bonchev–Trinajstić information content (AvgIpc) is 3.61. The van der Waals surface area contributed by atoms with Gasteiger partial charge in [0.1, 0.15) is 12.4 Å². The summed E-state index contributed by atoms with van der Waals surface area (Å²) in [6, 6.07) is 4.63. The lowest BCUT2D eigenvalue weighted by atomic mass is 10.1. The van der Waals surface area contributed by atoms with E-state index in [4.69, 9.17) is 14.2 Å². The van der Waals surface area contributed by atoms with Gasteiger partial charge in [-0.25, -0.2) is 28.2 Å². The van der Waals surface area contributed by atoms with Crippen LogP contribution in [0, 0.1) is 6.92 Å². The summed E-state index contributed by atoms with van der Waals surface area (Å²) in [5.41, 5.74) is 0.457. The molecule has 1 aliphatic heterocycles. The minimum atomic E-state index is -3.36. The molecule has 0 bridgehead atoms. The highest BCUT2D eigenvalue weighted by atomic mass is 32.2. The molecule has 0 radical (unpaired) electrons. The molecule has 10 nitrogen and oxygen atoms in total. The Hall–Kier alpha value is -2.95. The van der Waals surface area contributed by atoms with Gasteiger partial charge in [0.15, 0.2) is 20.6 Å². The second-order valence-electron chi connectivity index (χ2n) is 8.51. The van der Waals surface area contributed by atoms with Crippen molar-refractivity contribution in [3.05, 3.63) is 30.2 Å². The maximum Gasteiger partial charge on any atom is 0.410 e. The van der Waals surface area contributed by atoms with Gasteiger partial charge >= 0.3 is 6.09 Å². The minimum absolute atomic E-state index is 0.0742. The molecule has 11 heteroatoms. The number of carbonyl (C=O) groups is 1. The lowest BCUT2D eigenvalue weighted by molar-refractivity contribution is 0.0507. The van der Waals surface area contributed by atoms with Crippen molar-refractivity contribution in [3.63, 3.8) is 0 Å². The van der Waals surface area contributed by atoms with E-state index in [1.165, 1.54) is 12.4 Å². The largest absolute Gasteiger partial charge is 0.474 e.